The van der Waals surface area contributed by atoms with E-state index in [1.807, 2.05) is 38.1 Å². The maximum absolute atomic E-state index is 12.5. The first-order chi connectivity index (χ1) is 10.5. The molecule has 0 unspecified atom stereocenters. The number of hydrogen-bond acceptors (Lipinski definition) is 3. The SMILES string of the molecule is CCOc1ccc(NC(=O)[C@@H](C)N2C[C@@H](C)C[C@H](C)C2)cc1. The standard InChI is InChI=1S/C18H28N2O2/c1-5-22-17-8-6-16(7-9-17)19-18(21)15(4)20-11-13(2)10-14(3)12-20/h6-9,13-15H,5,10-12H2,1-4H3,(H,19,21)/t13-,14-,15+/m0/s1. The number of likely N-dealkylation sites (tertiary alicyclic amines) is 1. The van der Waals surface area contributed by atoms with Crippen LogP contribution >= 0.6 is 0 Å². The Morgan fingerprint density at radius 1 is 1.27 bits per heavy atom. The summed E-state index contributed by atoms with van der Waals surface area (Å²) in [6.45, 7) is 11.1. The Labute approximate surface area is 133 Å². The molecular formula is C18H28N2O2. The van der Waals surface area contributed by atoms with Crippen LogP contribution in [-0.4, -0.2) is 36.5 Å². The number of rotatable bonds is 5. The lowest BCUT2D eigenvalue weighted by Gasteiger charge is -2.38. The zero-order valence-corrected chi connectivity index (χ0v) is 14.1. The zero-order chi connectivity index (χ0) is 16.1. The van der Waals surface area contributed by atoms with Crippen LogP contribution in [0.5, 0.6) is 5.75 Å². The Balaban J connectivity index is 1.93. The minimum atomic E-state index is -0.100. The first-order valence-electron chi connectivity index (χ1n) is 8.27. The predicted molar refractivity (Wildman–Crippen MR) is 90.2 cm³/mol. The van der Waals surface area contributed by atoms with Crippen LogP contribution in [0.2, 0.25) is 0 Å². The molecular weight excluding hydrogens is 276 g/mol. The number of nitrogens with zero attached hydrogens (tertiary/aromatic N) is 1. The molecule has 0 aliphatic carbocycles. The van der Waals surface area contributed by atoms with Crippen molar-refractivity contribution in [1.29, 1.82) is 0 Å². The number of benzene rings is 1. The van der Waals surface area contributed by atoms with Crippen molar-refractivity contribution < 1.29 is 9.53 Å². The molecule has 0 spiro atoms. The predicted octanol–water partition coefficient (Wildman–Crippen LogP) is 3.39. The van der Waals surface area contributed by atoms with E-state index in [2.05, 4.69) is 24.1 Å². The van der Waals surface area contributed by atoms with Gasteiger partial charge in [-0.05, 0) is 56.4 Å². The van der Waals surface area contributed by atoms with E-state index in [-0.39, 0.29) is 11.9 Å². The minimum absolute atomic E-state index is 0.0606. The van der Waals surface area contributed by atoms with E-state index < -0.39 is 0 Å². The Hall–Kier alpha value is -1.55. The summed E-state index contributed by atoms with van der Waals surface area (Å²) in [7, 11) is 0. The van der Waals surface area contributed by atoms with Crippen molar-refractivity contribution in [2.75, 3.05) is 25.0 Å². The maximum Gasteiger partial charge on any atom is 0.241 e. The van der Waals surface area contributed by atoms with Gasteiger partial charge in [0.1, 0.15) is 5.75 Å². The van der Waals surface area contributed by atoms with Gasteiger partial charge < -0.3 is 10.1 Å². The average Bonchev–Trinajstić information content (AvgIpc) is 2.47. The van der Waals surface area contributed by atoms with E-state index in [9.17, 15) is 4.79 Å². The monoisotopic (exact) mass is 304 g/mol. The molecule has 1 fully saturated rings. The summed E-state index contributed by atoms with van der Waals surface area (Å²) in [5, 5.41) is 3.00. The van der Waals surface area contributed by atoms with E-state index in [4.69, 9.17) is 4.74 Å². The summed E-state index contributed by atoms with van der Waals surface area (Å²) in [4.78, 5) is 14.7. The second-order valence-corrected chi connectivity index (χ2v) is 6.52. The second kappa shape index (κ2) is 7.63. The van der Waals surface area contributed by atoms with Crippen molar-refractivity contribution in [1.82, 2.24) is 4.90 Å². The van der Waals surface area contributed by atoms with E-state index in [0.29, 0.717) is 18.4 Å². The second-order valence-electron chi connectivity index (χ2n) is 6.52. The lowest BCUT2D eigenvalue weighted by Crippen LogP contribution is -2.48. The molecule has 2 rings (SSSR count). The van der Waals surface area contributed by atoms with Crippen molar-refractivity contribution in [3.05, 3.63) is 24.3 Å². The Kier molecular flexibility index (Phi) is 5.83. The van der Waals surface area contributed by atoms with Crippen LogP contribution in [-0.2, 0) is 4.79 Å². The molecule has 1 aliphatic rings. The van der Waals surface area contributed by atoms with Gasteiger partial charge in [-0.2, -0.15) is 0 Å². The summed E-state index contributed by atoms with van der Waals surface area (Å²) >= 11 is 0. The van der Waals surface area contributed by atoms with Crippen molar-refractivity contribution in [3.63, 3.8) is 0 Å². The number of hydrogen-bond donors (Lipinski definition) is 1. The molecule has 4 nitrogen and oxygen atoms in total. The fraction of sp³-hybridized carbons (Fsp3) is 0.611. The zero-order valence-electron chi connectivity index (χ0n) is 14.1. The minimum Gasteiger partial charge on any atom is -0.494 e. The molecule has 0 radical (unpaired) electrons. The summed E-state index contributed by atoms with van der Waals surface area (Å²) in [6, 6.07) is 7.44. The lowest BCUT2D eigenvalue weighted by atomic mass is 9.91. The maximum atomic E-state index is 12.5. The molecule has 1 aliphatic heterocycles. The molecule has 22 heavy (non-hydrogen) atoms. The highest BCUT2D eigenvalue weighted by atomic mass is 16.5. The van der Waals surface area contributed by atoms with Gasteiger partial charge in [-0.1, -0.05) is 13.8 Å². The first-order valence-corrected chi connectivity index (χ1v) is 8.27. The fourth-order valence-corrected chi connectivity index (χ4v) is 3.24. The highest BCUT2D eigenvalue weighted by Gasteiger charge is 2.28. The van der Waals surface area contributed by atoms with Crippen LogP contribution in [0.1, 0.15) is 34.1 Å². The molecule has 0 aromatic heterocycles. The number of piperidine rings is 1. The van der Waals surface area contributed by atoms with Gasteiger partial charge in [-0.25, -0.2) is 0 Å². The Bertz CT molecular complexity index is 476. The van der Waals surface area contributed by atoms with E-state index in [1.165, 1.54) is 6.42 Å². The number of nitrogens with one attached hydrogen (secondary N) is 1. The van der Waals surface area contributed by atoms with Crippen molar-refractivity contribution in [2.45, 2.75) is 40.2 Å². The molecule has 1 N–H and O–H groups in total. The molecule has 4 heteroatoms. The average molecular weight is 304 g/mol. The van der Waals surface area contributed by atoms with Crippen LogP contribution in [0.3, 0.4) is 0 Å². The smallest absolute Gasteiger partial charge is 0.241 e. The molecule has 1 amide bonds. The van der Waals surface area contributed by atoms with Crippen LogP contribution in [0, 0.1) is 11.8 Å². The molecule has 1 saturated heterocycles. The van der Waals surface area contributed by atoms with Crippen LogP contribution in [0.15, 0.2) is 24.3 Å². The highest BCUT2D eigenvalue weighted by Crippen LogP contribution is 2.23. The van der Waals surface area contributed by atoms with Gasteiger partial charge in [0, 0.05) is 18.8 Å². The van der Waals surface area contributed by atoms with Gasteiger partial charge in [0.05, 0.1) is 12.6 Å². The molecule has 1 heterocycles. The first kappa shape index (κ1) is 16.8. The van der Waals surface area contributed by atoms with Gasteiger partial charge >= 0.3 is 0 Å². The number of carbonyl (C=O) groups is 1. The van der Waals surface area contributed by atoms with Gasteiger partial charge in [0.15, 0.2) is 0 Å². The number of amides is 1. The third-order valence-electron chi connectivity index (χ3n) is 4.26. The Morgan fingerprint density at radius 3 is 2.41 bits per heavy atom. The summed E-state index contributed by atoms with van der Waals surface area (Å²) < 4.78 is 5.41. The number of carbonyl (C=O) groups excluding carboxylic acids is 1. The quantitative estimate of drug-likeness (QED) is 0.906. The van der Waals surface area contributed by atoms with Crippen LogP contribution in [0.25, 0.3) is 0 Å². The van der Waals surface area contributed by atoms with Crippen LogP contribution in [0.4, 0.5) is 5.69 Å². The third kappa shape index (κ3) is 4.47. The molecule has 3 atom stereocenters. The van der Waals surface area contributed by atoms with Gasteiger partial charge in [0.2, 0.25) is 5.91 Å². The topological polar surface area (TPSA) is 41.6 Å². The lowest BCUT2D eigenvalue weighted by molar-refractivity contribution is -0.121. The summed E-state index contributed by atoms with van der Waals surface area (Å²) in [5.41, 5.74) is 0.818. The normalized spacial score (nSPS) is 23.8. The third-order valence-corrected chi connectivity index (χ3v) is 4.26. The highest BCUT2D eigenvalue weighted by molar-refractivity contribution is 5.94. The van der Waals surface area contributed by atoms with Gasteiger partial charge in [-0.15, -0.1) is 0 Å². The largest absolute Gasteiger partial charge is 0.494 e. The van der Waals surface area contributed by atoms with Crippen LogP contribution < -0.4 is 10.1 Å². The molecule has 122 valence electrons. The molecule has 0 bridgehead atoms. The van der Waals surface area contributed by atoms with Gasteiger partial charge in [0.25, 0.3) is 0 Å². The van der Waals surface area contributed by atoms with E-state index in [0.717, 1.165) is 24.5 Å². The number of anilines is 1. The molecule has 1 aromatic carbocycles. The van der Waals surface area contributed by atoms with Crippen molar-refractivity contribution in [2.24, 2.45) is 11.8 Å². The summed E-state index contributed by atoms with van der Waals surface area (Å²) in [5.74, 6) is 2.20. The van der Waals surface area contributed by atoms with Gasteiger partial charge in [-0.3, -0.25) is 9.69 Å². The van der Waals surface area contributed by atoms with Crippen molar-refractivity contribution in [3.8, 4) is 5.75 Å². The number of ether oxygens (including phenoxy) is 1. The Morgan fingerprint density at radius 2 is 1.86 bits per heavy atom. The summed E-state index contributed by atoms with van der Waals surface area (Å²) in [6.07, 6.45) is 1.25. The van der Waals surface area contributed by atoms with Crippen molar-refractivity contribution >= 4 is 11.6 Å². The molecule has 0 saturated carbocycles. The van der Waals surface area contributed by atoms with E-state index in [1.54, 1.807) is 0 Å². The fourth-order valence-electron chi connectivity index (χ4n) is 3.24. The molecule has 1 aromatic rings. The van der Waals surface area contributed by atoms with E-state index >= 15 is 0 Å².